The van der Waals surface area contributed by atoms with Gasteiger partial charge in [-0.05, 0) is 74.5 Å². The zero-order valence-electron chi connectivity index (χ0n) is 23.0. The molecule has 2 aromatic carbocycles. The minimum absolute atomic E-state index is 0.00991. The van der Waals surface area contributed by atoms with Crippen LogP contribution in [0.15, 0.2) is 47.4 Å². The Morgan fingerprint density at radius 1 is 1.11 bits per heavy atom. The summed E-state index contributed by atoms with van der Waals surface area (Å²) in [6.07, 6.45) is 5.49. The molecule has 1 fully saturated rings. The highest BCUT2D eigenvalue weighted by atomic mass is 32.2. The molecule has 208 valence electrons. The summed E-state index contributed by atoms with van der Waals surface area (Å²) in [7, 11) is -1.50. The predicted octanol–water partition coefficient (Wildman–Crippen LogP) is 2.49. The molecule has 0 radical (unpaired) electrons. The highest BCUT2D eigenvalue weighted by Crippen LogP contribution is 2.27. The molecule has 1 aliphatic heterocycles. The normalized spacial score (nSPS) is 16.1. The first kappa shape index (κ1) is 28.5. The molecule has 0 unspecified atom stereocenters. The second-order valence-electron chi connectivity index (χ2n) is 10.6. The Bertz CT molecular complexity index is 1170. The number of hydrogen-bond donors (Lipinski definition) is 1. The molecular weight excluding hydrogens is 500 g/mol. The summed E-state index contributed by atoms with van der Waals surface area (Å²) >= 11 is 0. The van der Waals surface area contributed by atoms with E-state index in [1.807, 2.05) is 35.9 Å². The Morgan fingerprint density at radius 2 is 1.79 bits per heavy atom. The fourth-order valence-corrected chi connectivity index (χ4v) is 6.01. The van der Waals surface area contributed by atoms with Crippen molar-refractivity contribution in [2.75, 3.05) is 70.8 Å². The molecule has 38 heavy (non-hydrogen) atoms. The SMILES string of the molecule is Cc1ccc(S(C)(=O)=O)cc1N(CCOCNCCN1CCCC1)CC(=O)N(C)C1Cc2ccccc2C1. The third kappa shape index (κ3) is 7.56. The number of fused-ring (bicyclic) bond motifs is 1. The Balaban J connectivity index is 1.37. The van der Waals surface area contributed by atoms with Crippen LogP contribution in [0.1, 0.15) is 29.5 Å². The Hall–Kier alpha value is -2.46. The maximum absolute atomic E-state index is 13.5. The molecule has 2 aromatic rings. The van der Waals surface area contributed by atoms with Crippen molar-refractivity contribution in [1.29, 1.82) is 0 Å². The third-order valence-corrected chi connectivity index (χ3v) is 8.87. The van der Waals surface area contributed by atoms with Crippen LogP contribution < -0.4 is 10.2 Å². The topological polar surface area (TPSA) is 82.2 Å². The van der Waals surface area contributed by atoms with Crippen molar-refractivity contribution in [2.24, 2.45) is 0 Å². The van der Waals surface area contributed by atoms with Crippen molar-refractivity contribution in [2.45, 2.75) is 43.5 Å². The summed E-state index contributed by atoms with van der Waals surface area (Å²) in [5.41, 5.74) is 4.27. The summed E-state index contributed by atoms with van der Waals surface area (Å²) in [6.45, 7) is 7.71. The zero-order valence-corrected chi connectivity index (χ0v) is 23.8. The van der Waals surface area contributed by atoms with Gasteiger partial charge < -0.3 is 19.4 Å². The predicted molar refractivity (Wildman–Crippen MR) is 151 cm³/mol. The lowest BCUT2D eigenvalue weighted by Gasteiger charge is -2.31. The number of amides is 1. The van der Waals surface area contributed by atoms with Crippen LogP contribution in [0, 0.1) is 6.92 Å². The highest BCUT2D eigenvalue weighted by molar-refractivity contribution is 7.90. The number of aryl methyl sites for hydroxylation is 1. The van der Waals surface area contributed by atoms with E-state index in [4.69, 9.17) is 4.74 Å². The number of sulfone groups is 1. The van der Waals surface area contributed by atoms with Crippen LogP contribution in [0.2, 0.25) is 0 Å². The van der Waals surface area contributed by atoms with E-state index in [1.54, 1.807) is 18.2 Å². The summed E-state index contributed by atoms with van der Waals surface area (Å²) in [4.78, 5) is 20.0. The molecule has 1 amide bonds. The van der Waals surface area contributed by atoms with Gasteiger partial charge in [0.05, 0.1) is 24.8 Å². The van der Waals surface area contributed by atoms with Crippen molar-refractivity contribution in [3.05, 3.63) is 59.2 Å². The molecule has 1 heterocycles. The molecule has 0 spiro atoms. The second-order valence-corrected chi connectivity index (χ2v) is 12.6. The van der Waals surface area contributed by atoms with E-state index in [2.05, 4.69) is 22.3 Å². The van der Waals surface area contributed by atoms with E-state index < -0.39 is 9.84 Å². The molecule has 8 nitrogen and oxygen atoms in total. The number of rotatable bonds is 13. The maximum Gasteiger partial charge on any atom is 0.242 e. The van der Waals surface area contributed by atoms with Crippen LogP contribution in [0.5, 0.6) is 0 Å². The minimum Gasteiger partial charge on any atom is -0.364 e. The number of likely N-dealkylation sites (tertiary alicyclic amines) is 1. The Kier molecular flexibility index (Phi) is 9.81. The van der Waals surface area contributed by atoms with Crippen LogP contribution in [0.25, 0.3) is 0 Å². The average Bonchev–Trinajstić information content (AvgIpc) is 3.56. The first-order valence-corrected chi connectivity index (χ1v) is 15.5. The van der Waals surface area contributed by atoms with Gasteiger partial charge in [-0.2, -0.15) is 0 Å². The van der Waals surface area contributed by atoms with Gasteiger partial charge in [0.1, 0.15) is 0 Å². The van der Waals surface area contributed by atoms with E-state index in [9.17, 15) is 13.2 Å². The lowest BCUT2D eigenvalue weighted by Crippen LogP contribution is -2.45. The molecule has 1 N–H and O–H groups in total. The Morgan fingerprint density at radius 3 is 2.45 bits per heavy atom. The fraction of sp³-hybridized carbons (Fsp3) is 0.552. The van der Waals surface area contributed by atoms with Crippen LogP contribution in [0.3, 0.4) is 0 Å². The summed E-state index contributed by atoms with van der Waals surface area (Å²) in [5.74, 6) is 0.00991. The number of ether oxygens (including phenoxy) is 1. The minimum atomic E-state index is -3.37. The number of nitrogens with one attached hydrogen (secondary N) is 1. The number of benzene rings is 2. The average molecular weight is 543 g/mol. The summed E-state index contributed by atoms with van der Waals surface area (Å²) < 4.78 is 30.4. The van der Waals surface area contributed by atoms with Gasteiger partial charge in [0.2, 0.25) is 5.91 Å². The van der Waals surface area contributed by atoms with Crippen molar-refractivity contribution in [3.8, 4) is 0 Å². The standard InChI is InChI=1S/C29H42N4O4S/c1-23-10-11-27(38(3,35)36)20-28(23)33(16-17-37-22-30-12-15-32-13-6-7-14-32)21-29(34)31(2)26-18-24-8-4-5-9-25(24)19-26/h4-5,8-11,20,26,30H,6-7,12-19,21-22H2,1-3H3. The molecule has 0 aromatic heterocycles. The monoisotopic (exact) mass is 542 g/mol. The quantitative estimate of drug-likeness (QED) is 0.308. The van der Waals surface area contributed by atoms with Crippen LogP contribution >= 0.6 is 0 Å². The van der Waals surface area contributed by atoms with Gasteiger partial charge in [0.25, 0.3) is 0 Å². The molecule has 4 rings (SSSR count). The molecule has 1 aliphatic carbocycles. The van der Waals surface area contributed by atoms with Gasteiger partial charge in [0, 0.05) is 44.7 Å². The smallest absolute Gasteiger partial charge is 0.242 e. The van der Waals surface area contributed by atoms with Crippen LogP contribution in [0.4, 0.5) is 5.69 Å². The second kappa shape index (κ2) is 13.1. The van der Waals surface area contributed by atoms with E-state index in [0.29, 0.717) is 19.9 Å². The van der Waals surface area contributed by atoms with Crippen molar-refractivity contribution in [1.82, 2.24) is 15.1 Å². The lowest BCUT2D eigenvalue weighted by atomic mass is 10.1. The first-order valence-electron chi connectivity index (χ1n) is 13.6. The fourth-order valence-electron chi connectivity index (χ4n) is 5.37. The first-order chi connectivity index (χ1) is 18.2. The Labute approximate surface area is 227 Å². The molecule has 2 aliphatic rings. The molecule has 9 heteroatoms. The van der Waals surface area contributed by atoms with Crippen molar-refractivity contribution in [3.63, 3.8) is 0 Å². The van der Waals surface area contributed by atoms with Gasteiger partial charge in [-0.25, -0.2) is 8.42 Å². The van der Waals surface area contributed by atoms with Gasteiger partial charge in [0.15, 0.2) is 9.84 Å². The van der Waals surface area contributed by atoms with Crippen molar-refractivity contribution >= 4 is 21.4 Å². The van der Waals surface area contributed by atoms with E-state index in [0.717, 1.165) is 37.2 Å². The van der Waals surface area contributed by atoms with Crippen LogP contribution in [-0.2, 0) is 32.2 Å². The van der Waals surface area contributed by atoms with Gasteiger partial charge in [-0.3, -0.25) is 10.1 Å². The number of carbonyl (C=O) groups is 1. The summed E-state index contributed by atoms with van der Waals surface area (Å²) in [5, 5.41) is 3.33. The lowest BCUT2D eigenvalue weighted by molar-refractivity contribution is -0.130. The van der Waals surface area contributed by atoms with Crippen LogP contribution in [-0.4, -0.2) is 96.1 Å². The molecule has 0 saturated carbocycles. The van der Waals surface area contributed by atoms with E-state index in [1.165, 1.54) is 43.3 Å². The molecular formula is C29H42N4O4S. The number of carbonyl (C=O) groups excluding carboxylic acids is 1. The van der Waals surface area contributed by atoms with E-state index in [-0.39, 0.29) is 23.4 Å². The van der Waals surface area contributed by atoms with Gasteiger partial charge in [-0.15, -0.1) is 0 Å². The van der Waals surface area contributed by atoms with Gasteiger partial charge in [-0.1, -0.05) is 30.3 Å². The number of likely N-dealkylation sites (N-methyl/N-ethyl adjacent to an activating group) is 1. The number of nitrogens with zero attached hydrogens (tertiary/aromatic N) is 3. The van der Waals surface area contributed by atoms with E-state index >= 15 is 0 Å². The zero-order chi connectivity index (χ0) is 27.1. The summed E-state index contributed by atoms with van der Waals surface area (Å²) in [6, 6.07) is 13.6. The molecule has 1 saturated heterocycles. The number of hydrogen-bond acceptors (Lipinski definition) is 7. The molecule has 0 bridgehead atoms. The largest absolute Gasteiger partial charge is 0.364 e. The molecule has 0 atom stereocenters. The van der Waals surface area contributed by atoms with Crippen molar-refractivity contribution < 1.29 is 17.9 Å². The maximum atomic E-state index is 13.5. The third-order valence-electron chi connectivity index (χ3n) is 7.76. The van der Waals surface area contributed by atoms with Gasteiger partial charge >= 0.3 is 0 Å². The number of anilines is 1. The highest BCUT2D eigenvalue weighted by Gasteiger charge is 2.28.